The van der Waals surface area contributed by atoms with Gasteiger partial charge in [-0.1, -0.05) is 42.5 Å². The molecular formula is C24H22AlNO2+. The lowest BCUT2D eigenvalue weighted by Crippen LogP contribution is -2.33. The summed E-state index contributed by atoms with van der Waals surface area (Å²) in [6, 6.07) is 27.0. The van der Waals surface area contributed by atoms with Crippen LogP contribution in [-0.2, 0) is 7.05 Å². The van der Waals surface area contributed by atoms with Gasteiger partial charge in [-0.15, -0.1) is 0 Å². The Labute approximate surface area is 172 Å². The van der Waals surface area contributed by atoms with E-state index in [2.05, 4.69) is 80.1 Å². The van der Waals surface area contributed by atoms with E-state index in [0.717, 1.165) is 22.4 Å². The van der Waals surface area contributed by atoms with Crippen molar-refractivity contribution >= 4 is 26.8 Å². The molecule has 1 radical (unpaired) electrons. The van der Waals surface area contributed by atoms with Gasteiger partial charge in [0.25, 0.3) is 5.52 Å². The summed E-state index contributed by atoms with van der Waals surface area (Å²) in [5.41, 5.74) is 5.91. The van der Waals surface area contributed by atoms with Gasteiger partial charge in [-0.3, -0.25) is 0 Å². The molecule has 3 aromatic carbocycles. The van der Waals surface area contributed by atoms with Crippen LogP contribution in [0, 0.1) is 13.8 Å². The van der Waals surface area contributed by atoms with E-state index in [1.54, 1.807) is 0 Å². The molecule has 0 fully saturated rings. The van der Waals surface area contributed by atoms with Crippen LogP contribution in [0.5, 0.6) is 11.5 Å². The van der Waals surface area contributed by atoms with Crippen molar-refractivity contribution < 1.29 is 12.1 Å². The van der Waals surface area contributed by atoms with Gasteiger partial charge in [0.15, 0.2) is 11.4 Å². The molecule has 4 heteroatoms. The summed E-state index contributed by atoms with van der Waals surface area (Å²) in [4.78, 5) is 0. The summed E-state index contributed by atoms with van der Waals surface area (Å²) >= 11 is -0.658. The molecule has 3 nitrogen and oxygen atoms in total. The predicted molar refractivity (Wildman–Crippen MR) is 113 cm³/mol. The topological polar surface area (TPSA) is 22.3 Å². The third kappa shape index (κ3) is 3.75. The van der Waals surface area contributed by atoms with E-state index >= 15 is 0 Å². The standard InChI is InChI=1S/C13H12O.C11H11NO.Al/c1-10-9-12(14)7-8-13(10)11-5-3-2-4-6-11;1-8-6-7-9-4-3-5-10(13)11(9)12(8)2;/h2-9,14H,1H3;3-7H,1-2H3;/q;;+2/p-1. The smallest absolute Gasteiger partial charge is 0.616 e. The van der Waals surface area contributed by atoms with Crippen LogP contribution in [0.15, 0.2) is 78.9 Å². The molecule has 1 heterocycles. The van der Waals surface area contributed by atoms with E-state index in [1.165, 1.54) is 22.4 Å². The molecule has 0 saturated carbocycles. The van der Waals surface area contributed by atoms with Gasteiger partial charge < -0.3 is 7.58 Å². The summed E-state index contributed by atoms with van der Waals surface area (Å²) < 4.78 is 14.2. The molecule has 4 aromatic rings. The first-order valence-corrected chi connectivity index (χ1v) is 10.3. The Morgan fingerprint density at radius 2 is 1.61 bits per heavy atom. The number of benzene rings is 3. The highest BCUT2D eigenvalue weighted by atomic mass is 27.2. The maximum Gasteiger partial charge on any atom is 0.882 e. The highest BCUT2D eigenvalue weighted by Gasteiger charge is 2.16. The van der Waals surface area contributed by atoms with Crippen LogP contribution >= 0.6 is 0 Å². The Bertz CT molecular complexity index is 1130. The van der Waals surface area contributed by atoms with Gasteiger partial charge in [-0.05, 0) is 53.9 Å². The number of rotatable bonds is 5. The van der Waals surface area contributed by atoms with E-state index in [9.17, 15) is 0 Å². The molecule has 0 unspecified atom stereocenters. The zero-order chi connectivity index (χ0) is 19.5. The largest absolute Gasteiger partial charge is 0.882 e. The molecule has 0 bridgehead atoms. The van der Waals surface area contributed by atoms with E-state index < -0.39 is 15.9 Å². The number of nitrogens with zero attached hydrogens (tertiary/aromatic N) is 1. The van der Waals surface area contributed by atoms with Gasteiger partial charge in [0.1, 0.15) is 7.05 Å². The highest BCUT2D eigenvalue weighted by Crippen LogP contribution is 2.27. The third-order valence-corrected chi connectivity index (χ3v) is 5.76. The first-order chi connectivity index (χ1) is 13.6. The lowest BCUT2D eigenvalue weighted by molar-refractivity contribution is -0.651. The Balaban J connectivity index is 1.50. The monoisotopic (exact) mass is 383 g/mol. The molecule has 137 valence electrons. The fraction of sp³-hybridized carbons (Fsp3) is 0.125. The van der Waals surface area contributed by atoms with Crippen molar-refractivity contribution in [1.29, 1.82) is 0 Å². The van der Waals surface area contributed by atoms with Crippen molar-refractivity contribution in [2.75, 3.05) is 0 Å². The van der Waals surface area contributed by atoms with Crippen LogP contribution in [0.25, 0.3) is 22.0 Å². The third-order valence-electron chi connectivity index (χ3n) is 5.04. The molecule has 0 aliphatic heterocycles. The summed E-state index contributed by atoms with van der Waals surface area (Å²) in [6.45, 7) is 4.20. The Hall–Kier alpha value is -2.80. The number of para-hydroxylation sites is 1. The van der Waals surface area contributed by atoms with Crippen molar-refractivity contribution in [2.45, 2.75) is 13.8 Å². The number of fused-ring (bicyclic) bond motifs is 1. The summed E-state index contributed by atoms with van der Waals surface area (Å²) in [5.74, 6) is 1.70. The normalized spacial score (nSPS) is 10.7. The average molecular weight is 383 g/mol. The van der Waals surface area contributed by atoms with Gasteiger partial charge in [0.05, 0.1) is 11.1 Å². The maximum atomic E-state index is 6.05. The van der Waals surface area contributed by atoms with Crippen LogP contribution in [-0.4, -0.2) is 15.9 Å². The van der Waals surface area contributed by atoms with Crippen molar-refractivity contribution in [3.05, 3.63) is 90.1 Å². The quantitative estimate of drug-likeness (QED) is 0.360. The number of hydrogen-bond donors (Lipinski definition) is 0. The van der Waals surface area contributed by atoms with Crippen molar-refractivity contribution in [1.82, 2.24) is 0 Å². The molecule has 1 aromatic heterocycles. The Morgan fingerprint density at radius 1 is 0.786 bits per heavy atom. The number of pyridine rings is 1. The van der Waals surface area contributed by atoms with E-state index in [-0.39, 0.29) is 0 Å². The maximum absolute atomic E-state index is 6.05. The minimum Gasteiger partial charge on any atom is -0.616 e. The fourth-order valence-corrected chi connectivity index (χ4v) is 4.01. The molecule has 4 rings (SSSR count). The van der Waals surface area contributed by atoms with Crippen molar-refractivity contribution in [3.8, 4) is 22.6 Å². The second kappa shape index (κ2) is 8.06. The highest BCUT2D eigenvalue weighted by molar-refractivity contribution is 6.21. The summed E-state index contributed by atoms with van der Waals surface area (Å²) in [6.07, 6.45) is 0. The van der Waals surface area contributed by atoms with Crippen LogP contribution in [0.1, 0.15) is 11.3 Å². The van der Waals surface area contributed by atoms with Crippen LogP contribution in [0.4, 0.5) is 0 Å². The molecule has 0 atom stereocenters. The number of aromatic nitrogens is 1. The molecular weight excluding hydrogens is 361 g/mol. The molecule has 0 aliphatic rings. The summed E-state index contributed by atoms with van der Waals surface area (Å²) in [7, 11) is 2.06. The molecule has 0 spiro atoms. The average Bonchev–Trinajstić information content (AvgIpc) is 2.71. The molecule has 0 amide bonds. The van der Waals surface area contributed by atoms with Gasteiger partial charge in [0.2, 0.25) is 0 Å². The molecule has 0 saturated heterocycles. The fourth-order valence-electron chi connectivity index (χ4n) is 3.41. The number of aryl methyl sites for hydroxylation is 3. The van der Waals surface area contributed by atoms with Crippen LogP contribution < -0.4 is 12.1 Å². The predicted octanol–water partition coefficient (Wildman–Crippen LogP) is 4.94. The summed E-state index contributed by atoms with van der Waals surface area (Å²) in [5, 5.41) is 1.16. The minimum atomic E-state index is -0.658. The molecule has 0 aliphatic carbocycles. The Morgan fingerprint density at radius 3 is 2.39 bits per heavy atom. The van der Waals surface area contributed by atoms with Gasteiger partial charge >= 0.3 is 15.9 Å². The van der Waals surface area contributed by atoms with Crippen LogP contribution in [0.2, 0.25) is 0 Å². The minimum absolute atomic E-state index is 0.658. The molecule has 28 heavy (non-hydrogen) atoms. The van der Waals surface area contributed by atoms with E-state index in [4.69, 9.17) is 7.58 Å². The van der Waals surface area contributed by atoms with Crippen molar-refractivity contribution in [3.63, 3.8) is 0 Å². The van der Waals surface area contributed by atoms with Gasteiger partial charge in [0, 0.05) is 13.0 Å². The van der Waals surface area contributed by atoms with Gasteiger partial charge in [-0.2, -0.15) is 4.57 Å². The van der Waals surface area contributed by atoms with Crippen LogP contribution in [0.3, 0.4) is 0 Å². The van der Waals surface area contributed by atoms with Gasteiger partial charge in [-0.25, -0.2) is 0 Å². The Kier molecular flexibility index (Phi) is 5.34. The second-order valence-corrected chi connectivity index (χ2v) is 7.57. The zero-order valence-electron chi connectivity index (χ0n) is 16.3. The zero-order valence-corrected chi connectivity index (χ0v) is 17.5. The first-order valence-electron chi connectivity index (χ1n) is 9.33. The SMILES string of the molecule is Cc1cc([O][Al][O]c2cccc3ccc(C)[n+](C)c23)ccc1-c1ccccc1. The van der Waals surface area contributed by atoms with E-state index in [1.807, 2.05) is 24.3 Å². The van der Waals surface area contributed by atoms with Crippen molar-refractivity contribution in [2.24, 2.45) is 7.05 Å². The second-order valence-electron chi connectivity index (χ2n) is 6.90. The lowest BCUT2D eigenvalue weighted by atomic mass is 10.0. The number of hydrogen-bond acceptors (Lipinski definition) is 2. The molecule has 0 N–H and O–H groups in total. The first kappa shape index (κ1) is 18.6. The van der Waals surface area contributed by atoms with E-state index in [0.29, 0.717) is 0 Å². The lowest BCUT2D eigenvalue weighted by Gasteiger charge is -2.12.